The molecule has 1 fully saturated rings. The number of allylic oxidation sites excluding steroid dienone is 1. The lowest BCUT2D eigenvalue weighted by atomic mass is 9.83. The molecular weight excluding hydrogens is 512 g/mol. The normalized spacial score (nSPS) is 22.6. The van der Waals surface area contributed by atoms with Crippen LogP contribution in [0.5, 0.6) is 0 Å². The lowest BCUT2D eigenvalue weighted by molar-refractivity contribution is -0.125. The zero-order valence-electron chi connectivity index (χ0n) is 15.6. The summed E-state index contributed by atoms with van der Waals surface area (Å²) in [7, 11) is 0. The molecule has 3 aliphatic rings. The summed E-state index contributed by atoms with van der Waals surface area (Å²) in [5.74, 6) is 0.621. The van der Waals surface area contributed by atoms with E-state index < -0.39 is 0 Å². The van der Waals surface area contributed by atoms with Gasteiger partial charge >= 0.3 is 0 Å². The summed E-state index contributed by atoms with van der Waals surface area (Å²) in [6.45, 7) is 0. The second-order valence-electron chi connectivity index (χ2n) is 7.35. The number of amides is 1. The standard InChI is InChI=1S/C23H18Br2N2OS/c24-17-8-4-14(5-9-17)12-16-2-1-3-19-21(16)26-23-27(20(28)13-29-23)22(19)15-6-10-18(25)11-7-15/h4-12,22H,1-3,13H2/b16-12+/t22-/m0/s1. The zero-order valence-corrected chi connectivity index (χ0v) is 19.6. The minimum atomic E-state index is -0.0540. The van der Waals surface area contributed by atoms with Crippen LogP contribution in [0.3, 0.4) is 0 Å². The summed E-state index contributed by atoms with van der Waals surface area (Å²) in [4.78, 5) is 19.6. The molecule has 2 aliphatic heterocycles. The highest BCUT2D eigenvalue weighted by Gasteiger charge is 2.42. The maximum Gasteiger partial charge on any atom is 0.239 e. The Morgan fingerprint density at radius 2 is 1.69 bits per heavy atom. The first-order valence-corrected chi connectivity index (χ1v) is 12.2. The highest BCUT2D eigenvalue weighted by Crippen LogP contribution is 2.47. The minimum absolute atomic E-state index is 0.0540. The van der Waals surface area contributed by atoms with Crippen molar-refractivity contribution in [3.05, 3.63) is 85.4 Å². The van der Waals surface area contributed by atoms with Crippen molar-refractivity contribution in [2.24, 2.45) is 4.99 Å². The number of hydrogen-bond donors (Lipinski definition) is 0. The predicted octanol–water partition coefficient (Wildman–Crippen LogP) is 6.72. The summed E-state index contributed by atoms with van der Waals surface area (Å²) >= 11 is 8.58. The van der Waals surface area contributed by atoms with Gasteiger partial charge in [-0.25, -0.2) is 4.99 Å². The van der Waals surface area contributed by atoms with E-state index in [0.29, 0.717) is 5.75 Å². The molecule has 0 unspecified atom stereocenters. The number of carbonyl (C=O) groups is 1. The Morgan fingerprint density at radius 1 is 1.00 bits per heavy atom. The third-order valence-electron chi connectivity index (χ3n) is 5.49. The van der Waals surface area contributed by atoms with E-state index in [9.17, 15) is 4.79 Å². The molecule has 1 saturated heterocycles. The number of aliphatic imine (C=N–C) groups is 1. The molecule has 2 aromatic rings. The van der Waals surface area contributed by atoms with Gasteiger partial charge in [0.05, 0.1) is 17.5 Å². The average molecular weight is 530 g/mol. The van der Waals surface area contributed by atoms with E-state index in [-0.39, 0.29) is 11.9 Å². The van der Waals surface area contributed by atoms with E-state index in [2.05, 4.69) is 86.5 Å². The topological polar surface area (TPSA) is 32.7 Å². The molecule has 3 nitrogen and oxygen atoms in total. The van der Waals surface area contributed by atoms with Gasteiger partial charge in [0.25, 0.3) is 0 Å². The molecule has 1 atom stereocenters. The summed E-state index contributed by atoms with van der Waals surface area (Å²) in [6, 6.07) is 16.6. The summed E-state index contributed by atoms with van der Waals surface area (Å²) < 4.78 is 2.12. The van der Waals surface area contributed by atoms with Gasteiger partial charge in [-0.3, -0.25) is 9.69 Å². The van der Waals surface area contributed by atoms with Crippen molar-refractivity contribution in [1.29, 1.82) is 0 Å². The molecule has 0 spiro atoms. The number of nitrogens with zero attached hydrogens (tertiary/aromatic N) is 2. The van der Waals surface area contributed by atoms with Crippen LogP contribution in [0.4, 0.5) is 0 Å². The van der Waals surface area contributed by atoms with E-state index in [1.54, 1.807) is 11.8 Å². The van der Waals surface area contributed by atoms with Crippen LogP contribution in [-0.2, 0) is 4.79 Å². The van der Waals surface area contributed by atoms with Crippen molar-refractivity contribution in [3.8, 4) is 0 Å². The van der Waals surface area contributed by atoms with Gasteiger partial charge in [0.1, 0.15) is 0 Å². The lowest BCUT2D eigenvalue weighted by Crippen LogP contribution is -2.38. The maximum absolute atomic E-state index is 12.7. The number of fused-ring (bicyclic) bond motifs is 1. The molecule has 6 heteroatoms. The van der Waals surface area contributed by atoms with Gasteiger partial charge in [-0.15, -0.1) is 0 Å². The van der Waals surface area contributed by atoms with Crippen LogP contribution in [0.1, 0.15) is 36.4 Å². The molecule has 1 amide bonds. The molecule has 2 heterocycles. The van der Waals surface area contributed by atoms with Crippen LogP contribution in [0, 0.1) is 0 Å². The highest BCUT2D eigenvalue weighted by molar-refractivity contribution is 9.10. The monoisotopic (exact) mass is 528 g/mol. The molecule has 0 radical (unpaired) electrons. The smallest absolute Gasteiger partial charge is 0.239 e. The Labute approximate surface area is 191 Å². The maximum atomic E-state index is 12.7. The third kappa shape index (κ3) is 3.66. The van der Waals surface area contributed by atoms with Crippen molar-refractivity contribution in [3.63, 3.8) is 0 Å². The second-order valence-corrected chi connectivity index (χ2v) is 10.1. The molecule has 0 bridgehead atoms. The molecule has 0 saturated carbocycles. The number of halogens is 2. The highest BCUT2D eigenvalue weighted by atomic mass is 79.9. The molecule has 0 aromatic heterocycles. The Morgan fingerprint density at radius 3 is 2.41 bits per heavy atom. The van der Waals surface area contributed by atoms with Crippen LogP contribution >= 0.6 is 43.6 Å². The first kappa shape index (κ1) is 19.3. The van der Waals surface area contributed by atoms with Crippen LogP contribution in [0.2, 0.25) is 0 Å². The molecule has 29 heavy (non-hydrogen) atoms. The predicted molar refractivity (Wildman–Crippen MR) is 127 cm³/mol. The Hall–Kier alpha value is -1.63. The fourth-order valence-corrected chi connectivity index (χ4v) is 5.60. The third-order valence-corrected chi connectivity index (χ3v) is 7.49. The number of carbonyl (C=O) groups excluding carboxylic acids is 1. The zero-order chi connectivity index (χ0) is 20.0. The van der Waals surface area contributed by atoms with Gasteiger partial charge < -0.3 is 0 Å². The number of thioether (sulfide) groups is 1. The van der Waals surface area contributed by atoms with E-state index in [4.69, 9.17) is 4.99 Å². The number of rotatable bonds is 2. The minimum Gasteiger partial charge on any atom is -0.279 e. The fraction of sp³-hybridized carbons (Fsp3) is 0.217. The number of hydrogen-bond acceptors (Lipinski definition) is 3. The quantitative estimate of drug-likeness (QED) is 0.432. The Balaban J connectivity index is 1.64. The van der Waals surface area contributed by atoms with E-state index in [1.807, 2.05) is 4.90 Å². The van der Waals surface area contributed by atoms with Gasteiger partial charge in [0, 0.05) is 8.95 Å². The number of amidine groups is 1. The van der Waals surface area contributed by atoms with Crippen molar-refractivity contribution in [2.45, 2.75) is 25.3 Å². The molecule has 2 aromatic carbocycles. The van der Waals surface area contributed by atoms with Gasteiger partial charge in [-0.1, -0.05) is 67.9 Å². The van der Waals surface area contributed by atoms with Gasteiger partial charge in [-0.05, 0) is 71.9 Å². The molecule has 5 rings (SSSR count). The molecular formula is C23H18Br2N2OS. The largest absolute Gasteiger partial charge is 0.279 e. The van der Waals surface area contributed by atoms with E-state index in [1.165, 1.54) is 16.7 Å². The van der Waals surface area contributed by atoms with E-state index >= 15 is 0 Å². The van der Waals surface area contributed by atoms with Crippen molar-refractivity contribution in [2.75, 3.05) is 5.75 Å². The summed E-state index contributed by atoms with van der Waals surface area (Å²) in [5.41, 5.74) is 5.94. The van der Waals surface area contributed by atoms with Crippen LogP contribution in [-0.4, -0.2) is 21.7 Å². The number of benzene rings is 2. The van der Waals surface area contributed by atoms with Gasteiger partial charge in [-0.2, -0.15) is 0 Å². The first-order valence-electron chi connectivity index (χ1n) is 9.59. The van der Waals surface area contributed by atoms with Crippen molar-refractivity contribution >= 4 is 60.8 Å². The summed E-state index contributed by atoms with van der Waals surface area (Å²) in [6.07, 6.45) is 5.31. The average Bonchev–Trinajstić information content (AvgIpc) is 3.10. The summed E-state index contributed by atoms with van der Waals surface area (Å²) in [5, 5.41) is 0.838. The second kappa shape index (κ2) is 7.89. The van der Waals surface area contributed by atoms with E-state index in [0.717, 1.165) is 44.6 Å². The lowest BCUT2D eigenvalue weighted by Gasteiger charge is -2.37. The van der Waals surface area contributed by atoms with Crippen LogP contribution < -0.4 is 0 Å². The molecule has 1 aliphatic carbocycles. The van der Waals surface area contributed by atoms with Gasteiger partial charge in [0.15, 0.2) is 5.17 Å². The Kier molecular flexibility index (Phi) is 5.26. The van der Waals surface area contributed by atoms with Crippen molar-refractivity contribution < 1.29 is 4.79 Å². The van der Waals surface area contributed by atoms with Gasteiger partial charge in [0.2, 0.25) is 5.91 Å². The van der Waals surface area contributed by atoms with Crippen LogP contribution in [0.25, 0.3) is 6.08 Å². The van der Waals surface area contributed by atoms with Crippen LogP contribution in [0.15, 0.2) is 79.3 Å². The molecule has 0 N–H and O–H groups in total. The Bertz CT molecular complexity index is 1070. The molecule has 146 valence electrons. The van der Waals surface area contributed by atoms with Crippen molar-refractivity contribution in [1.82, 2.24) is 4.90 Å². The first-order chi connectivity index (χ1) is 14.1. The SMILES string of the molecule is O=C1CSC2=NC3=C(CCC/C3=C\c3ccc(Br)cc3)[C@H](c3ccc(Br)cc3)N12. The fourth-order valence-electron chi connectivity index (χ4n) is 4.18.